The molecule has 2 aromatic rings. The molecule has 2 amide bonds. The smallest absolute Gasteiger partial charge is 0.317 e. The van der Waals surface area contributed by atoms with E-state index >= 15 is 0 Å². The van der Waals surface area contributed by atoms with Crippen LogP contribution in [-0.2, 0) is 18.3 Å². The maximum absolute atomic E-state index is 13.0. The summed E-state index contributed by atoms with van der Waals surface area (Å²) in [4.78, 5) is 20.9. The molecule has 1 saturated carbocycles. The molecule has 2 aliphatic rings. The number of ether oxygens (including phenoxy) is 1. The van der Waals surface area contributed by atoms with E-state index < -0.39 is 0 Å². The van der Waals surface area contributed by atoms with Crippen molar-refractivity contribution in [3.8, 4) is 5.75 Å². The predicted molar refractivity (Wildman–Crippen MR) is 112 cm³/mol. The number of carbonyl (C=O) groups excluding carboxylic acids is 1. The number of fused-ring (bicyclic) bond motifs is 1. The van der Waals surface area contributed by atoms with Crippen molar-refractivity contribution < 1.29 is 9.53 Å². The molecule has 2 aliphatic carbocycles. The minimum Gasteiger partial charge on any atom is -0.496 e. The molecule has 1 heterocycles. The van der Waals surface area contributed by atoms with Crippen LogP contribution in [0.25, 0.3) is 0 Å². The Morgan fingerprint density at radius 1 is 1.39 bits per heavy atom. The molecule has 0 radical (unpaired) electrons. The molecule has 6 heteroatoms. The summed E-state index contributed by atoms with van der Waals surface area (Å²) in [5.41, 5.74) is 2.42. The summed E-state index contributed by atoms with van der Waals surface area (Å²) in [6, 6.07) is 8.31. The van der Waals surface area contributed by atoms with Crippen LogP contribution >= 0.6 is 11.3 Å². The van der Waals surface area contributed by atoms with Crippen LogP contribution in [-0.4, -0.2) is 36.6 Å². The average Bonchev–Trinajstić information content (AvgIpc) is 3.40. The van der Waals surface area contributed by atoms with E-state index in [1.165, 1.54) is 21.1 Å². The van der Waals surface area contributed by atoms with E-state index in [-0.39, 0.29) is 17.5 Å². The molecule has 1 fully saturated rings. The number of thiazole rings is 1. The van der Waals surface area contributed by atoms with Crippen molar-refractivity contribution in [1.29, 1.82) is 0 Å². The second kappa shape index (κ2) is 7.74. The van der Waals surface area contributed by atoms with Gasteiger partial charge in [0.2, 0.25) is 0 Å². The Morgan fingerprint density at radius 2 is 2.18 bits per heavy atom. The molecule has 0 aliphatic heterocycles. The molecular weight excluding hydrogens is 370 g/mol. The highest BCUT2D eigenvalue weighted by atomic mass is 32.1. The first-order valence-corrected chi connectivity index (χ1v) is 11.0. The van der Waals surface area contributed by atoms with Gasteiger partial charge in [-0.1, -0.05) is 25.1 Å². The lowest BCUT2D eigenvalue weighted by atomic mass is 9.95. The quantitative estimate of drug-likeness (QED) is 0.780. The molecule has 0 bridgehead atoms. The summed E-state index contributed by atoms with van der Waals surface area (Å²) in [6.07, 6.45) is 6.27. The monoisotopic (exact) mass is 399 g/mol. The number of urea groups is 1. The lowest BCUT2D eigenvalue weighted by molar-refractivity contribution is 0.184. The molecule has 1 atom stereocenters. The maximum atomic E-state index is 13.0. The normalized spacial score (nSPS) is 19.6. The zero-order valence-corrected chi connectivity index (χ0v) is 17.8. The van der Waals surface area contributed by atoms with Crippen molar-refractivity contribution in [2.75, 3.05) is 20.7 Å². The van der Waals surface area contributed by atoms with Crippen LogP contribution in [0.2, 0.25) is 0 Å². The number of hydrogen-bond acceptors (Lipinski definition) is 4. The first kappa shape index (κ1) is 19.2. The Kier molecular flexibility index (Phi) is 5.32. The van der Waals surface area contributed by atoms with Crippen molar-refractivity contribution in [1.82, 2.24) is 15.2 Å². The summed E-state index contributed by atoms with van der Waals surface area (Å²) >= 11 is 1.78. The van der Waals surface area contributed by atoms with Crippen LogP contribution in [0.5, 0.6) is 5.75 Å². The first-order valence-electron chi connectivity index (χ1n) is 10.2. The van der Waals surface area contributed by atoms with Gasteiger partial charge >= 0.3 is 6.03 Å². The third-order valence-electron chi connectivity index (χ3n) is 6.17. The van der Waals surface area contributed by atoms with Crippen LogP contribution in [0.15, 0.2) is 24.3 Å². The number of rotatable bonds is 6. The number of amides is 2. The van der Waals surface area contributed by atoms with Gasteiger partial charge in [0.25, 0.3) is 0 Å². The Labute approximate surface area is 171 Å². The Balaban J connectivity index is 1.44. The van der Waals surface area contributed by atoms with Gasteiger partial charge in [-0.3, -0.25) is 0 Å². The number of para-hydroxylation sites is 1. The number of aromatic nitrogens is 1. The number of aryl methyl sites for hydroxylation is 2. The van der Waals surface area contributed by atoms with Gasteiger partial charge in [-0.15, -0.1) is 11.3 Å². The third-order valence-corrected chi connectivity index (χ3v) is 7.51. The number of nitrogens with zero attached hydrogens (tertiary/aromatic N) is 2. The predicted octanol–water partition coefficient (Wildman–Crippen LogP) is 4.46. The van der Waals surface area contributed by atoms with Crippen molar-refractivity contribution >= 4 is 17.4 Å². The molecule has 4 rings (SSSR count). The van der Waals surface area contributed by atoms with Gasteiger partial charge in [-0.05, 0) is 44.6 Å². The van der Waals surface area contributed by atoms with Gasteiger partial charge in [0.1, 0.15) is 5.75 Å². The number of hydrogen-bond donors (Lipinski definition) is 1. The molecule has 1 aromatic carbocycles. The van der Waals surface area contributed by atoms with E-state index in [0.29, 0.717) is 6.54 Å². The zero-order valence-electron chi connectivity index (χ0n) is 17.0. The van der Waals surface area contributed by atoms with Gasteiger partial charge in [-0.25, -0.2) is 9.78 Å². The standard InChI is InChI=1S/C22H29N3O2S/c1-4-19-24-16-9-7-10-17(20(16)28-19)25(2)21(26)23-14-22(12-13-22)15-8-5-6-11-18(15)27-3/h5-6,8,11,17H,4,7,9-10,12-14H2,1-3H3,(H,23,26). The summed E-state index contributed by atoms with van der Waals surface area (Å²) in [5.74, 6) is 0.913. The highest BCUT2D eigenvalue weighted by molar-refractivity contribution is 7.11. The fourth-order valence-electron chi connectivity index (χ4n) is 4.25. The summed E-state index contributed by atoms with van der Waals surface area (Å²) < 4.78 is 5.54. The van der Waals surface area contributed by atoms with Crippen molar-refractivity contribution in [2.45, 2.75) is 56.9 Å². The minimum absolute atomic E-state index is 0.00507. The lowest BCUT2D eigenvalue weighted by Gasteiger charge is -2.31. The first-order chi connectivity index (χ1) is 13.6. The van der Waals surface area contributed by atoms with Gasteiger partial charge < -0.3 is 15.0 Å². The molecule has 1 unspecified atom stereocenters. The van der Waals surface area contributed by atoms with Gasteiger partial charge in [0, 0.05) is 24.6 Å². The Morgan fingerprint density at radius 3 is 2.89 bits per heavy atom. The van der Waals surface area contributed by atoms with Crippen LogP contribution < -0.4 is 10.1 Å². The van der Waals surface area contributed by atoms with E-state index in [0.717, 1.165) is 44.3 Å². The number of benzene rings is 1. The molecule has 28 heavy (non-hydrogen) atoms. The Bertz CT molecular complexity index is 859. The summed E-state index contributed by atoms with van der Waals surface area (Å²) in [7, 11) is 3.63. The van der Waals surface area contributed by atoms with E-state index in [1.54, 1.807) is 18.4 Å². The van der Waals surface area contributed by atoms with E-state index in [1.807, 2.05) is 30.1 Å². The highest BCUT2D eigenvalue weighted by Gasteiger charge is 2.46. The second-order valence-electron chi connectivity index (χ2n) is 7.93. The fraction of sp³-hybridized carbons (Fsp3) is 0.545. The molecular formula is C22H29N3O2S. The summed E-state index contributed by atoms with van der Waals surface area (Å²) in [6.45, 7) is 2.79. The summed E-state index contributed by atoms with van der Waals surface area (Å²) in [5, 5.41) is 4.38. The van der Waals surface area contributed by atoms with Crippen molar-refractivity contribution in [2.24, 2.45) is 0 Å². The zero-order chi connectivity index (χ0) is 19.7. The van der Waals surface area contributed by atoms with E-state index in [9.17, 15) is 4.79 Å². The van der Waals surface area contributed by atoms with E-state index in [4.69, 9.17) is 9.72 Å². The molecule has 150 valence electrons. The second-order valence-corrected chi connectivity index (χ2v) is 9.05. The molecule has 1 N–H and O–H groups in total. The highest BCUT2D eigenvalue weighted by Crippen LogP contribution is 2.50. The fourth-order valence-corrected chi connectivity index (χ4v) is 5.49. The van der Waals surface area contributed by atoms with Gasteiger partial charge in [0.15, 0.2) is 0 Å². The average molecular weight is 400 g/mol. The Hall–Kier alpha value is -2.08. The van der Waals surface area contributed by atoms with Crippen LogP contribution in [0.4, 0.5) is 4.79 Å². The largest absolute Gasteiger partial charge is 0.496 e. The SMILES string of the molecule is CCc1nc2c(s1)C(N(C)C(=O)NCC1(c3ccccc3OC)CC1)CCC2. The van der Waals surface area contributed by atoms with Crippen LogP contribution in [0, 0.1) is 0 Å². The molecule has 0 spiro atoms. The molecule has 5 nitrogen and oxygen atoms in total. The van der Waals surface area contributed by atoms with Crippen LogP contribution in [0.1, 0.15) is 59.8 Å². The topological polar surface area (TPSA) is 54.5 Å². The van der Waals surface area contributed by atoms with Gasteiger partial charge in [-0.2, -0.15) is 0 Å². The number of nitrogens with one attached hydrogen (secondary N) is 1. The number of carbonyl (C=O) groups is 1. The maximum Gasteiger partial charge on any atom is 0.317 e. The number of methoxy groups -OCH3 is 1. The third kappa shape index (κ3) is 3.50. The minimum atomic E-state index is 0.00507. The lowest BCUT2D eigenvalue weighted by Crippen LogP contribution is -2.43. The van der Waals surface area contributed by atoms with Crippen LogP contribution in [0.3, 0.4) is 0 Å². The van der Waals surface area contributed by atoms with Crippen molar-refractivity contribution in [3.05, 3.63) is 45.4 Å². The van der Waals surface area contributed by atoms with E-state index in [2.05, 4.69) is 18.3 Å². The van der Waals surface area contributed by atoms with Gasteiger partial charge in [0.05, 0.1) is 28.7 Å². The molecule has 1 aromatic heterocycles. The molecule has 0 saturated heterocycles. The van der Waals surface area contributed by atoms with Crippen molar-refractivity contribution in [3.63, 3.8) is 0 Å².